The topological polar surface area (TPSA) is 97.0 Å². The number of morpholine rings is 1. The highest BCUT2D eigenvalue weighted by Crippen LogP contribution is 2.16. The Balaban J connectivity index is 1.99. The van der Waals surface area contributed by atoms with E-state index < -0.39 is 10.0 Å². The third-order valence-corrected chi connectivity index (χ3v) is 6.16. The van der Waals surface area contributed by atoms with Crippen molar-refractivity contribution in [3.8, 4) is 0 Å². The molecule has 164 valence electrons. The van der Waals surface area contributed by atoms with Crippen LogP contribution in [-0.2, 0) is 19.5 Å². The van der Waals surface area contributed by atoms with Gasteiger partial charge in [0.15, 0.2) is 0 Å². The van der Waals surface area contributed by atoms with E-state index in [2.05, 4.69) is 28.8 Å². The Kier molecular flexibility index (Phi) is 9.04. The first-order chi connectivity index (χ1) is 13.7. The highest BCUT2D eigenvalue weighted by atomic mass is 32.2. The van der Waals surface area contributed by atoms with Gasteiger partial charge in [0.1, 0.15) is 0 Å². The molecule has 1 fully saturated rings. The van der Waals surface area contributed by atoms with Crippen molar-refractivity contribution in [3.05, 3.63) is 29.3 Å². The van der Waals surface area contributed by atoms with Crippen molar-refractivity contribution in [2.75, 3.05) is 53.0 Å². The zero-order valence-corrected chi connectivity index (χ0v) is 18.5. The van der Waals surface area contributed by atoms with Crippen molar-refractivity contribution < 1.29 is 22.7 Å². The zero-order valence-electron chi connectivity index (χ0n) is 17.7. The molecule has 0 radical (unpaired) electrons. The maximum absolute atomic E-state index is 12.7. The van der Waals surface area contributed by atoms with Gasteiger partial charge in [-0.2, -0.15) is 0 Å². The molecule has 0 spiro atoms. The Morgan fingerprint density at radius 2 is 2.14 bits per heavy atom. The summed E-state index contributed by atoms with van der Waals surface area (Å²) in [6, 6.07) is 4.54. The molecule has 1 aliphatic rings. The summed E-state index contributed by atoms with van der Waals surface area (Å²) in [5.41, 5.74) is 1.05. The van der Waals surface area contributed by atoms with E-state index in [-0.39, 0.29) is 30.1 Å². The first-order valence-corrected chi connectivity index (χ1v) is 11.4. The largest absolute Gasteiger partial charge is 0.383 e. The number of aryl methyl sites for hydroxylation is 1. The lowest BCUT2D eigenvalue weighted by Crippen LogP contribution is -2.48. The predicted molar refractivity (Wildman–Crippen MR) is 112 cm³/mol. The fraction of sp³-hybridized carbons (Fsp3) is 0.650. The molecule has 2 N–H and O–H groups in total. The molecule has 0 saturated carbocycles. The first kappa shape index (κ1) is 23.8. The molecular weight excluding hydrogens is 394 g/mol. The molecule has 0 aliphatic carbocycles. The summed E-state index contributed by atoms with van der Waals surface area (Å²) in [7, 11) is -2.20. The number of sulfonamides is 1. The molecule has 1 heterocycles. The number of benzene rings is 1. The van der Waals surface area contributed by atoms with Crippen LogP contribution in [0.25, 0.3) is 0 Å². The van der Waals surface area contributed by atoms with E-state index in [1.807, 2.05) is 0 Å². The molecule has 1 aromatic carbocycles. The van der Waals surface area contributed by atoms with Crippen LogP contribution in [0.15, 0.2) is 23.1 Å². The normalized spacial score (nSPS) is 18.2. The summed E-state index contributed by atoms with van der Waals surface area (Å²) >= 11 is 0. The van der Waals surface area contributed by atoms with Gasteiger partial charge in [-0.05, 0) is 30.5 Å². The fourth-order valence-electron chi connectivity index (χ4n) is 3.26. The van der Waals surface area contributed by atoms with Crippen LogP contribution in [0.4, 0.5) is 0 Å². The third kappa shape index (κ3) is 7.35. The molecule has 29 heavy (non-hydrogen) atoms. The quantitative estimate of drug-likeness (QED) is 0.541. The Morgan fingerprint density at radius 3 is 2.83 bits per heavy atom. The molecule has 1 atom stereocenters. The van der Waals surface area contributed by atoms with E-state index in [4.69, 9.17) is 9.47 Å². The van der Waals surface area contributed by atoms with E-state index in [1.54, 1.807) is 13.0 Å². The van der Waals surface area contributed by atoms with Crippen LogP contribution >= 0.6 is 0 Å². The maximum Gasteiger partial charge on any atom is 0.251 e. The zero-order chi connectivity index (χ0) is 21.4. The Morgan fingerprint density at radius 1 is 1.38 bits per heavy atom. The van der Waals surface area contributed by atoms with Crippen LogP contribution in [0.3, 0.4) is 0 Å². The van der Waals surface area contributed by atoms with Crippen LogP contribution in [0, 0.1) is 12.8 Å². The average molecular weight is 428 g/mol. The van der Waals surface area contributed by atoms with E-state index in [1.165, 1.54) is 19.2 Å². The van der Waals surface area contributed by atoms with Crippen molar-refractivity contribution in [1.82, 2.24) is 14.9 Å². The number of nitrogens with zero attached hydrogens (tertiary/aromatic N) is 1. The van der Waals surface area contributed by atoms with Crippen molar-refractivity contribution in [2.45, 2.75) is 31.8 Å². The van der Waals surface area contributed by atoms with Gasteiger partial charge in [-0.15, -0.1) is 0 Å². The van der Waals surface area contributed by atoms with Gasteiger partial charge in [0.05, 0.1) is 24.2 Å². The van der Waals surface area contributed by atoms with Crippen LogP contribution in [-0.4, -0.2) is 78.4 Å². The number of hydrogen-bond acceptors (Lipinski definition) is 6. The monoisotopic (exact) mass is 427 g/mol. The Bertz CT molecular complexity index is 782. The summed E-state index contributed by atoms with van der Waals surface area (Å²) < 4.78 is 37.9. The van der Waals surface area contributed by atoms with Crippen LogP contribution < -0.4 is 10.0 Å². The van der Waals surface area contributed by atoms with Crippen molar-refractivity contribution >= 4 is 15.9 Å². The summed E-state index contributed by atoms with van der Waals surface area (Å²) in [5, 5.41) is 2.89. The van der Waals surface area contributed by atoms with Gasteiger partial charge in [0.2, 0.25) is 10.0 Å². The molecule has 1 saturated heterocycles. The number of ether oxygens (including phenoxy) is 2. The third-order valence-electron chi connectivity index (χ3n) is 4.70. The van der Waals surface area contributed by atoms with Crippen molar-refractivity contribution in [3.63, 3.8) is 0 Å². The molecule has 1 aliphatic heterocycles. The molecular formula is C20H33N3O5S. The smallest absolute Gasteiger partial charge is 0.251 e. The van der Waals surface area contributed by atoms with Crippen LogP contribution in [0.1, 0.15) is 29.8 Å². The second-order valence-corrected chi connectivity index (χ2v) is 9.49. The highest BCUT2D eigenvalue weighted by Gasteiger charge is 2.23. The lowest BCUT2D eigenvalue weighted by Gasteiger charge is -2.34. The molecule has 9 heteroatoms. The summed E-state index contributed by atoms with van der Waals surface area (Å²) in [6.07, 6.45) is -0.0746. The SMILES string of the molecule is COCCNS(=O)(=O)c1ccc(C)c(C(=O)NCC2CN(CC(C)C)CCO2)c1. The van der Waals surface area contributed by atoms with E-state index in [9.17, 15) is 13.2 Å². The lowest BCUT2D eigenvalue weighted by atomic mass is 10.1. The molecule has 0 aromatic heterocycles. The highest BCUT2D eigenvalue weighted by molar-refractivity contribution is 7.89. The molecule has 1 aromatic rings. The first-order valence-electron chi connectivity index (χ1n) is 9.94. The fourth-order valence-corrected chi connectivity index (χ4v) is 4.30. The van der Waals surface area contributed by atoms with Crippen LogP contribution in [0.5, 0.6) is 0 Å². The van der Waals surface area contributed by atoms with Gasteiger partial charge in [0.25, 0.3) is 5.91 Å². The van der Waals surface area contributed by atoms with Gasteiger partial charge >= 0.3 is 0 Å². The number of methoxy groups -OCH3 is 1. The van der Waals surface area contributed by atoms with Gasteiger partial charge in [-0.3, -0.25) is 9.69 Å². The van der Waals surface area contributed by atoms with Crippen molar-refractivity contribution in [2.24, 2.45) is 5.92 Å². The number of carbonyl (C=O) groups excluding carboxylic acids is 1. The number of nitrogens with one attached hydrogen (secondary N) is 2. The second kappa shape index (κ2) is 11.0. The van der Waals surface area contributed by atoms with Gasteiger partial charge in [0, 0.05) is 45.4 Å². The Hall–Kier alpha value is -1.52. The van der Waals surface area contributed by atoms with Gasteiger partial charge in [-0.25, -0.2) is 13.1 Å². The summed E-state index contributed by atoms with van der Waals surface area (Å²) in [5.74, 6) is 0.272. The minimum atomic E-state index is -3.70. The van der Waals surface area contributed by atoms with Gasteiger partial charge < -0.3 is 14.8 Å². The summed E-state index contributed by atoms with van der Waals surface area (Å²) in [4.78, 5) is 15.1. The summed E-state index contributed by atoms with van der Waals surface area (Å²) in [6.45, 7) is 10.3. The second-order valence-electron chi connectivity index (χ2n) is 7.72. The number of carbonyl (C=O) groups is 1. The van der Waals surface area contributed by atoms with Crippen molar-refractivity contribution in [1.29, 1.82) is 0 Å². The van der Waals surface area contributed by atoms with E-state index in [0.717, 1.165) is 19.6 Å². The number of rotatable bonds is 10. The Labute approximate surface area is 174 Å². The minimum absolute atomic E-state index is 0.0568. The average Bonchev–Trinajstić information content (AvgIpc) is 2.66. The van der Waals surface area contributed by atoms with E-state index in [0.29, 0.717) is 30.2 Å². The van der Waals surface area contributed by atoms with E-state index >= 15 is 0 Å². The standard InChI is InChI=1S/C20H33N3O5S/c1-15(2)13-23-8-10-28-17(14-23)12-21-20(24)19-11-18(6-5-16(19)3)29(25,26)22-7-9-27-4/h5-6,11,15,17,22H,7-10,12-14H2,1-4H3,(H,21,24). The van der Waals surface area contributed by atoms with Gasteiger partial charge in [-0.1, -0.05) is 19.9 Å². The maximum atomic E-state index is 12.7. The molecule has 0 bridgehead atoms. The molecule has 8 nitrogen and oxygen atoms in total. The predicted octanol–water partition coefficient (Wildman–Crippen LogP) is 1.01. The molecule has 1 unspecified atom stereocenters. The minimum Gasteiger partial charge on any atom is -0.383 e. The lowest BCUT2D eigenvalue weighted by molar-refractivity contribution is -0.0295. The molecule has 1 amide bonds. The number of amides is 1. The molecule has 2 rings (SSSR count). The van der Waals surface area contributed by atoms with Crippen LogP contribution in [0.2, 0.25) is 0 Å². The number of hydrogen-bond donors (Lipinski definition) is 2.